The molecule has 1 atom stereocenters. The van der Waals surface area contributed by atoms with E-state index in [1.54, 1.807) is 21.9 Å². The van der Waals surface area contributed by atoms with Crippen molar-refractivity contribution in [3.63, 3.8) is 0 Å². The molecule has 2 aromatic carbocycles. The summed E-state index contributed by atoms with van der Waals surface area (Å²) >= 11 is 6.06. The number of hydrogen-bond donors (Lipinski definition) is 0. The van der Waals surface area contributed by atoms with Crippen LogP contribution in [0.1, 0.15) is 26.3 Å². The van der Waals surface area contributed by atoms with Crippen LogP contribution in [0.2, 0.25) is 5.02 Å². The molecule has 0 N–H and O–H groups in total. The van der Waals surface area contributed by atoms with Gasteiger partial charge in [-0.15, -0.1) is 0 Å². The summed E-state index contributed by atoms with van der Waals surface area (Å²) in [5, 5.41) is 0.337. The third kappa shape index (κ3) is 6.85. The van der Waals surface area contributed by atoms with Crippen LogP contribution in [0.15, 0.2) is 59.5 Å². The van der Waals surface area contributed by atoms with Gasteiger partial charge in [-0.25, -0.2) is 13.2 Å². The second-order valence-electron chi connectivity index (χ2n) is 10.6. The highest BCUT2D eigenvalue weighted by Crippen LogP contribution is 2.25. The second-order valence-corrected chi connectivity index (χ2v) is 13.0. The van der Waals surface area contributed by atoms with Crippen molar-refractivity contribution in [1.29, 1.82) is 0 Å². The third-order valence-corrected chi connectivity index (χ3v) is 8.74. The molecular formula is C27H35ClN4O5S. The van der Waals surface area contributed by atoms with Gasteiger partial charge in [0.05, 0.1) is 4.90 Å². The van der Waals surface area contributed by atoms with Crippen LogP contribution in [-0.4, -0.2) is 96.9 Å². The lowest BCUT2D eigenvalue weighted by atomic mass is 10.1. The Morgan fingerprint density at radius 2 is 1.58 bits per heavy atom. The minimum Gasteiger partial charge on any atom is -0.444 e. The van der Waals surface area contributed by atoms with Gasteiger partial charge in [-0.1, -0.05) is 48.0 Å². The Morgan fingerprint density at radius 1 is 0.921 bits per heavy atom. The lowest BCUT2D eigenvalue weighted by Crippen LogP contribution is -2.62. The maximum Gasteiger partial charge on any atom is 0.410 e. The summed E-state index contributed by atoms with van der Waals surface area (Å²) in [5.41, 5.74) is 0.452. The molecule has 11 heteroatoms. The number of ether oxygens (including phenoxy) is 1. The topological polar surface area (TPSA) is 90.5 Å². The first-order valence-electron chi connectivity index (χ1n) is 12.7. The maximum absolute atomic E-state index is 13.8. The van der Waals surface area contributed by atoms with Gasteiger partial charge in [0, 0.05) is 57.4 Å². The Bertz CT molecular complexity index is 1240. The zero-order valence-electron chi connectivity index (χ0n) is 22.0. The molecule has 2 aliphatic rings. The zero-order valence-corrected chi connectivity index (χ0v) is 23.6. The number of sulfonamides is 1. The minimum atomic E-state index is -3.83. The molecule has 38 heavy (non-hydrogen) atoms. The number of carbonyl (C=O) groups is 2. The van der Waals surface area contributed by atoms with Crippen LogP contribution in [0.4, 0.5) is 4.79 Å². The van der Waals surface area contributed by atoms with Gasteiger partial charge < -0.3 is 14.5 Å². The first kappa shape index (κ1) is 28.4. The molecule has 2 fully saturated rings. The third-order valence-electron chi connectivity index (χ3n) is 6.64. The van der Waals surface area contributed by atoms with Gasteiger partial charge in [0.25, 0.3) is 0 Å². The fraction of sp³-hybridized carbons (Fsp3) is 0.481. The molecular weight excluding hydrogens is 528 g/mol. The van der Waals surface area contributed by atoms with Gasteiger partial charge in [-0.3, -0.25) is 9.69 Å². The van der Waals surface area contributed by atoms with Gasteiger partial charge in [0.15, 0.2) is 0 Å². The molecule has 1 unspecified atom stereocenters. The number of nitrogens with zero attached hydrogens (tertiary/aromatic N) is 4. The molecule has 2 heterocycles. The average molecular weight is 563 g/mol. The molecule has 2 saturated heterocycles. The van der Waals surface area contributed by atoms with Crippen molar-refractivity contribution in [1.82, 2.24) is 19.0 Å². The number of hydrogen-bond acceptors (Lipinski definition) is 6. The fourth-order valence-electron chi connectivity index (χ4n) is 4.68. The average Bonchev–Trinajstić information content (AvgIpc) is 2.88. The Morgan fingerprint density at radius 3 is 2.21 bits per heavy atom. The molecule has 0 aromatic heterocycles. The number of rotatable bonds is 5. The van der Waals surface area contributed by atoms with Gasteiger partial charge in [-0.05, 0) is 44.5 Å². The maximum atomic E-state index is 13.8. The molecule has 0 saturated carbocycles. The summed E-state index contributed by atoms with van der Waals surface area (Å²) in [4.78, 5) is 31.8. The van der Waals surface area contributed by atoms with E-state index in [2.05, 4.69) is 0 Å². The van der Waals surface area contributed by atoms with E-state index in [-0.39, 0.29) is 23.9 Å². The van der Waals surface area contributed by atoms with Crippen molar-refractivity contribution in [3.8, 4) is 0 Å². The van der Waals surface area contributed by atoms with E-state index >= 15 is 0 Å². The molecule has 2 amide bonds. The van der Waals surface area contributed by atoms with Crippen molar-refractivity contribution >= 4 is 33.6 Å². The molecule has 0 radical (unpaired) electrons. The fourth-order valence-corrected chi connectivity index (χ4v) is 6.42. The van der Waals surface area contributed by atoms with E-state index in [9.17, 15) is 18.0 Å². The van der Waals surface area contributed by atoms with Gasteiger partial charge in [0.2, 0.25) is 15.9 Å². The molecule has 4 rings (SSSR count). The smallest absolute Gasteiger partial charge is 0.410 e. The number of amides is 2. The van der Waals surface area contributed by atoms with Gasteiger partial charge in [-0.2, -0.15) is 4.31 Å². The molecule has 0 bridgehead atoms. The summed E-state index contributed by atoms with van der Waals surface area (Å²) in [6, 6.07) is 15.3. The number of piperazine rings is 2. The quantitative estimate of drug-likeness (QED) is 0.555. The van der Waals surface area contributed by atoms with E-state index in [0.29, 0.717) is 44.3 Å². The predicted molar refractivity (Wildman–Crippen MR) is 145 cm³/mol. The summed E-state index contributed by atoms with van der Waals surface area (Å²) in [7, 11) is -3.83. The lowest BCUT2D eigenvalue weighted by Gasteiger charge is -2.43. The van der Waals surface area contributed by atoms with Crippen LogP contribution < -0.4 is 0 Å². The molecule has 206 valence electrons. The van der Waals surface area contributed by atoms with Crippen molar-refractivity contribution < 1.29 is 22.7 Å². The molecule has 2 aromatic rings. The normalized spacial score (nSPS) is 19.8. The van der Waals surface area contributed by atoms with Gasteiger partial charge >= 0.3 is 6.09 Å². The highest BCUT2D eigenvalue weighted by atomic mass is 35.5. The summed E-state index contributed by atoms with van der Waals surface area (Å²) in [6.45, 7) is 8.11. The van der Waals surface area contributed by atoms with E-state index in [1.807, 2.05) is 56.0 Å². The largest absolute Gasteiger partial charge is 0.444 e. The van der Waals surface area contributed by atoms with Crippen LogP contribution in [-0.2, 0) is 26.1 Å². The van der Waals surface area contributed by atoms with Crippen LogP contribution >= 0.6 is 11.6 Å². The molecule has 9 nitrogen and oxygen atoms in total. The number of benzene rings is 2. The van der Waals surface area contributed by atoms with Crippen LogP contribution in [0.5, 0.6) is 0 Å². The van der Waals surface area contributed by atoms with E-state index in [4.69, 9.17) is 16.3 Å². The Hall–Kier alpha value is -2.66. The van der Waals surface area contributed by atoms with Crippen molar-refractivity contribution in [2.75, 3.05) is 45.8 Å². The molecule has 0 aliphatic carbocycles. The number of carbonyl (C=O) groups excluding carboxylic acids is 2. The highest BCUT2D eigenvalue weighted by molar-refractivity contribution is 7.89. The first-order valence-corrected chi connectivity index (χ1v) is 14.6. The highest BCUT2D eigenvalue weighted by Gasteiger charge is 2.40. The van der Waals surface area contributed by atoms with Crippen LogP contribution in [0.3, 0.4) is 0 Å². The van der Waals surface area contributed by atoms with Gasteiger partial charge in [0.1, 0.15) is 11.6 Å². The lowest BCUT2D eigenvalue weighted by molar-refractivity contribution is -0.140. The minimum absolute atomic E-state index is 0.0345. The van der Waals surface area contributed by atoms with Crippen LogP contribution in [0.25, 0.3) is 0 Å². The summed E-state index contributed by atoms with van der Waals surface area (Å²) in [5.74, 6) is -0.143. The monoisotopic (exact) mass is 562 g/mol. The van der Waals surface area contributed by atoms with E-state index < -0.39 is 27.8 Å². The first-order chi connectivity index (χ1) is 17.9. The van der Waals surface area contributed by atoms with Crippen molar-refractivity contribution in [2.24, 2.45) is 0 Å². The summed E-state index contributed by atoms with van der Waals surface area (Å²) in [6.07, 6.45) is -0.397. The van der Waals surface area contributed by atoms with E-state index in [1.165, 1.54) is 16.4 Å². The predicted octanol–water partition coefficient (Wildman–Crippen LogP) is 3.29. The van der Waals surface area contributed by atoms with Crippen LogP contribution in [0, 0.1) is 0 Å². The Kier molecular flexibility index (Phi) is 8.66. The number of halogens is 1. The Labute approximate surface area is 229 Å². The second kappa shape index (κ2) is 11.6. The summed E-state index contributed by atoms with van der Waals surface area (Å²) < 4.78 is 33.7. The zero-order chi connectivity index (χ0) is 27.5. The van der Waals surface area contributed by atoms with E-state index in [0.717, 1.165) is 5.56 Å². The Balaban J connectivity index is 1.51. The standard InChI is InChI=1S/C27H35ClN4O5S/c1-27(2,3)37-26(34)30-14-12-29(13-15-30)25(33)24-20-32(38(35,36)23-11-7-10-22(28)18-23)17-16-31(24)19-21-8-5-4-6-9-21/h4-11,18,24H,12-17,19-20H2,1-3H3. The van der Waals surface area contributed by atoms with Crippen molar-refractivity contribution in [3.05, 3.63) is 65.2 Å². The molecule has 2 aliphatic heterocycles. The SMILES string of the molecule is CC(C)(C)OC(=O)N1CCN(C(=O)C2CN(S(=O)(=O)c3cccc(Cl)c3)CCN2Cc2ccccc2)CC1. The van der Waals surface area contributed by atoms with Crippen molar-refractivity contribution in [2.45, 2.75) is 43.9 Å². The molecule has 0 spiro atoms.